The van der Waals surface area contributed by atoms with E-state index in [-0.39, 0.29) is 0 Å². The third-order valence-corrected chi connectivity index (χ3v) is 9.36. The third-order valence-electron chi connectivity index (χ3n) is 3.27. The Bertz CT molecular complexity index is 336. The normalized spacial score (nSPS) is 11.9. The number of thioether (sulfide) groups is 1. The lowest BCUT2D eigenvalue weighted by atomic mass is 10.2. The van der Waals surface area contributed by atoms with Crippen LogP contribution in [0.4, 0.5) is 0 Å². The van der Waals surface area contributed by atoms with E-state index in [1.807, 2.05) is 0 Å². The lowest BCUT2D eigenvalue weighted by Crippen LogP contribution is -2.40. The van der Waals surface area contributed by atoms with E-state index in [0.29, 0.717) is 5.04 Å². The van der Waals surface area contributed by atoms with Gasteiger partial charge < -0.3 is 4.43 Å². The first kappa shape index (κ1) is 19.3. The summed E-state index contributed by atoms with van der Waals surface area (Å²) >= 11 is 5.12. The monoisotopic (exact) mass is 362 g/mol. The Morgan fingerprint density at radius 2 is 1.95 bits per heavy atom. The summed E-state index contributed by atoms with van der Waals surface area (Å²) in [6.07, 6.45) is 1.97. The Hall–Kier alpha value is 0.307. The van der Waals surface area contributed by atoms with Crippen molar-refractivity contribution in [2.24, 2.45) is 0 Å². The summed E-state index contributed by atoms with van der Waals surface area (Å²) in [6, 6.07) is 0. The molecule has 0 aromatic carbocycles. The second-order valence-corrected chi connectivity index (χ2v) is 13.0. The number of hydrogen-bond acceptors (Lipinski definition) is 2. The topological polar surface area (TPSA) is 9.23 Å². The zero-order valence-electron chi connectivity index (χ0n) is 12.9. The van der Waals surface area contributed by atoms with Crippen LogP contribution in [0.5, 0.6) is 0 Å². The van der Waals surface area contributed by atoms with Crippen molar-refractivity contribution >= 4 is 36.0 Å². The van der Waals surface area contributed by atoms with Crippen LogP contribution >= 0.6 is 27.7 Å². The van der Waals surface area contributed by atoms with Crippen molar-refractivity contribution in [2.45, 2.75) is 51.7 Å². The van der Waals surface area contributed by atoms with Gasteiger partial charge in [0.25, 0.3) is 0 Å². The number of rotatable bonds is 7. The summed E-state index contributed by atoms with van der Waals surface area (Å²) in [7, 11) is -1.57. The summed E-state index contributed by atoms with van der Waals surface area (Å²) in [5.74, 6) is 8.20. The highest BCUT2D eigenvalue weighted by Gasteiger charge is 2.36. The van der Waals surface area contributed by atoms with Gasteiger partial charge in [-0.3, -0.25) is 0 Å². The first-order valence-electron chi connectivity index (χ1n) is 6.67. The van der Waals surface area contributed by atoms with Gasteiger partial charge in [-0.1, -0.05) is 49.2 Å². The molecule has 0 aliphatic rings. The van der Waals surface area contributed by atoms with Gasteiger partial charge in [-0.25, -0.2) is 0 Å². The molecule has 110 valence electrons. The van der Waals surface area contributed by atoms with Crippen LogP contribution in [-0.2, 0) is 4.43 Å². The molecular formula is C15H27BrOSSi. The second kappa shape index (κ2) is 9.28. The first-order chi connectivity index (χ1) is 8.67. The lowest BCUT2D eigenvalue weighted by Gasteiger charge is -2.36. The average Bonchev–Trinajstić information content (AvgIpc) is 2.24. The van der Waals surface area contributed by atoms with Crippen molar-refractivity contribution < 1.29 is 4.43 Å². The van der Waals surface area contributed by atoms with Gasteiger partial charge in [-0.2, -0.15) is 0 Å². The van der Waals surface area contributed by atoms with Crippen LogP contribution in [0.15, 0.2) is 11.1 Å². The molecule has 0 bridgehead atoms. The Labute approximate surface area is 133 Å². The molecule has 4 heteroatoms. The van der Waals surface area contributed by atoms with Crippen LogP contribution in [0.2, 0.25) is 18.1 Å². The van der Waals surface area contributed by atoms with Crippen LogP contribution in [-0.4, -0.2) is 26.4 Å². The largest absolute Gasteiger partial charge is 0.417 e. The molecule has 0 saturated carbocycles. The third kappa shape index (κ3) is 9.78. The van der Waals surface area contributed by atoms with E-state index < -0.39 is 8.32 Å². The van der Waals surface area contributed by atoms with Gasteiger partial charge >= 0.3 is 0 Å². The van der Waals surface area contributed by atoms with Gasteiger partial charge in [-0.05, 0) is 29.0 Å². The van der Waals surface area contributed by atoms with Gasteiger partial charge in [0.2, 0.25) is 0 Å². The highest BCUT2D eigenvalue weighted by atomic mass is 79.9. The standard InChI is InChI=1S/C15H27BrOSSi/c1-14(16)13-18-12-10-8-7-9-11-17-19(5,6)15(2,3)4/h1,7,9,11-13H2,2-6H3. The predicted molar refractivity (Wildman–Crippen MR) is 95.6 cm³/mol. The number of halogens is 1. The predicted octanol–water partition coefficient (Wildman–Crippen LogP) is 5.43. The van der Waals surface area contributed by atoms with E-state index in [9.17, 15) is 0 Å². The minimum absolute atomic E-state index is 0.299. The molecule has 0 aliphatic carbocycles. The minimum Gasteiger partial charge on any atom is -0.417 e. The molecule has 0 amide bonds. The molecule has 0 aromatic rings. The Morgan fingerprint density at radius 3 is 2.47 bits per heavy atom. The molecule has 0 radical (unpaired) electrons. The first-order valence-corrected chi connectivity index (χ1v) is 11.5. The fraction of sp³-hybridized carbons (Fsp3) is 0.733. The molecule has 0 unspecified atom stereocenters. The van der Waals surface area contributed by atoms with Gasteiger partial charge in [0, 0.05) is 18.8 Å². The molecule has 0 heterocycles. The van der Waals surface area contributed by atoms with Gasteiger partial charge in [0.1, 0.15) is 0 Å². The zero-order valence-corrected chi connectivity index (χ0v) is 16.3. The van der Waals surface area contributed by atoms with Crippen molar-refractivity contribution in [3.05, 3.63) is 11.1 Å². The summed E-state index contributed by atoms with van der Waals surface area (Å²) in [5, 5.41) is 0.299. The molecule has 0 fully saturated rings. The highest BCUT2D eigenvalue weighted by molar-refractivity contribution is 9.11. The van der Waals surface area contributed by atoms with Gasteiger partial charge in [-0.15, -0.1) is 17.7 Å². The van der Waals surface area contributed by atoms with E-state index in [0.717, 1.165) is 35.4 Å². The summed E-state index contributed by atoms with van der Waals surface area (Å²) in [6.45, 7) is 16.0. The highest BCUT2D eigenvalue weighted by Crippen LogP contribution is 2.36. The van der Waals surface area contributed by atoms with Crippen molar-refractivity contribution in [2.75, 3.05) is 18.1 Å². The summed E-state index contributed by atoms with van der Waals surface area (Å²) in [5.41, 5.74) is 0. The molecule has 0 spiro atoms. The SMILES string of the molecule is C=C(Br)CSCC#CCCCO[Si](C)(C)C(C)(C)C. The molecule has 0 saturated heterocycles. The molecule has 0 aliphatic heterocycles. The van der Waals surface area contributed by atoms with Crippen molar-refractivity contribution in [3.8, 4) is 11.8 Å². The fourth-order valence-corrected chi connectivity index (χ4v) is 3.16. The molecule has 0 atom stereocenters. The number of hydrogen-bond donors (Lipinski definition) is 0. The molecule has 0 aromatic heterocycles. The fourth-order valence-electron chi connectivity index (χ4n) is 1.06. The maximum absolute atomic E-state index is 6.10. The maximum atomic E-state index is 6.10. The molecule has 0 N–H and O–H groups in total. The quantitative estimate of drug-likeness (QED) is 0.339. The van der Waals surface area contributed by atoms with Crippen molar-refractivity contribution in [3.63, 3.8) is 0 Å². The Balaban J connectivity index is 3.66. The van der Waals surface area contributed by atoms with Crippen molar-refractivity contribution in [1.29, 1.82) is 0 Å². The van der Waals surface area contributed by atoms with E-state index in [1.165, 1.54) is 0 Å². The van der Waals surface area contributed by atoms with Crippen LogP contribution in [0.3, 0.4) is 0 Å². The Morgan fingerprint density at radius 1 is 1.32 bits per heavy atom. The molecule has 19 heavy (non-hydrogen) atoms. The molecule has 1 nitrogen and oxygen atoms in total. The van der Waals surface area contributed by atoms with E-state index in [2.05, 4.69) is 68.2 Å². The minimum atomic E-state index is -1.57. The smallest absolute Gasteiger partial charge is 0.191 e. The zero-order chi connectivity index (χ0) is 14.9. The number of unbranched alkanes of at least 4 members (excludes halogenated alkanes) is 1. The second-order valence-electron chi connectivity index (χ2n) is 6.08. The summed E-state index contributed by atoms with van der Waals surface area (Å²) in [4.78, 5) is 0. The average molecular weight is 363 g/mol. The molecule has 0 rings (SSSR count). The van der Waals surface area contributed by atoms with Crippen LogP contribution in [0, 0.1) is 11.8 Å². The van der Waals surface area contributed by atoms with Gasteiger partial charge in [0.05, 0.1) is 5.75 Å². The Kier molecular flexibility index (Phi) is 9.43. The molecular weight excluding hydrogens is 336 g/mol. The van der Waals surface area contributed by atoms with Gasteiger partial charge in [0.15, 0.2) is 8.32 Å². The van der Waals surface area contributed by atoms with Crippen LogP contribution in [0.1, 0.15) is 33.6 Å². The maximum Gasteiger partial charge on any atom is 0.191 e. The summed E-state index contributed by atoms with van der Waals surface area (Å²) < 4.78 is 7.13. The lowest BCUT2D eigenvalue weighted by molar-refractivity contribution is 0.284. The van der Waals surface area contributed by atoms with Crippen LogP contribution < -0.4 is 0 Å². The van der Waals surface area contributed by atoms with Crippen molar-refractivity contribution in [1.82, 2.24) is 0 Å². The van der Waals surface area contributed by atoms with Crippen LogP contribution in [0.25, 0.3) is 0 Å². The van der Waals surface area contributed by atoms with E-state index in [4.69, 9.17) is 4.43 Å². The van der Waals surface area contributed by atoms with E-state index in [1.54, 1.807) is 11.8 Å². The van der Waals surface area contributed by atoms with E-state index >= 15 is 0 Å².